The number of rotatable bonds is 7. The maximum atomic E-state index is 11.7. The second-order valence-electron chi connectivity index (χ2n) is 5.12. The fourth-order valence-electron chi connectivity index (χ4n) is 1.95. The Hall–Kier alpha value is -2.69. The molecule has 0 spiro atoms. The van der Waals surface area contributed by atoms with Crippen LogP contribution in [-0.4, -0.2) is 26.3 Å². The lowest BCUT2D eigenvalue weighted by atomic mass is 10.2. The van der Waals surface area contributed by atoms with Gasteiger partial charge < -0.3 is 20.1 Å². The smallest absolute Gasteiger partial charge is 0.319 e. The molecule has 0 aliphatic heterocycles. The molecular weight excluding hydrogens is 292 g/mol. The highest BCUT2D eigenvalue weighted by Crippen LogP contribution is 2.14. The SMILES string of the molecule is COc1ccc(NC(=O)NCCCOc2ccc(C)cc2)cc1. The van der Waals surface area contributed by atoms with E-state index < -0.39 is 0 Å². The number of hydrogen-bond donors (Lipinski definition) is 2. The fourth-order valence-corrected chi connectivity index (χ4v) is 1.95. The van der Waals surface area contributed by atoms with E-state index in [9.17, 15) is 4.79 Å². The van der Waals surface area contributed by atoms with Gasteiger partial charge in [0.2, 0.25) is 0 Å². The molecule has 0 radical (unpaired) electrons. The number of benzene rings is 2. The van der Waals surface area contributed by atoms with Crippen molar-refractivity contribution in [3.8, 4) is 11.5 Å². The molecule has 0 aliphatic carbocycles. The first-order valence-corrected chi connectivity index (χ1v) is 7.56. The van der Waals surface area contributed by atoms with Gasteiger partial charge in [0.25, 0.3) is 0 Å². The number of hydrogen-bond acceptors (Lipinski definition) is 3. The lowest BCUT2D eigenvalue weighted by Crippen LogP contribution is -2.30. The minimum absolute atomic E-state index is 0.231. The Bertz CT molecular complexity index is 609. The molecule has 2 aromatic rings. The van der Waals surface area contributed by atoms with Gasteiger partial charge in [-0.1, -0.05) is 17.7 Å². The van der Waals surface area contributed by atoms with Crippen LogP contribution in [0.2, 0.25) is 0 Å². The van der Waals surface area contributed by atoms with Crippen LogP contribution in [0, 0.1) is 6.92 Å². The van der Waals surface area contributed by atoms with Crippen LogP contribution >= 0.6 is 0 Å². The first kappa shape index (κ1) is 16.7. The van der Waals surface area contributed by atoms with E-state index in [0.717, 1.165) is 23.6 Å². The average molecular weight is 314 g/mol. The first-order valence-electron chi connectivity index (χ1n) is 7.56. The van der Waals surface area contributed by atoms with E-state index in [1.807, 2.05) is 31.2 Å². The molecule has 5 heteroatoms. The predicted molar refractivity (Wildman–Crippen MR) is 91.3 cm³/mol. The van der Waals surface area contributed by atoms with Crippen molar-refractivity contribution in [2.45, 2.75) is 13.3 Å². The number of aryl methyl sites for hydroxylation is 1. The highest BCUT2D eigenvalue weighted by Gasteiger charge is 2.01. The quantitative estimate of drug-likeness (QED) is 0.768. The van der Waals surface area contributed by atoms with Crippen molar-refractivity contribution < 1.29 is 14.3 Å². The topological polar surface area (TPSA) is 59.6 Å². The number of amides is 2. The number of methoxy groups -OCH3 is 1. The Morgan fingerprint density at radius 1 is 1.00 bits per heavy atom. The van der Waals surface area contributed by atoms with Gasteiger partial charge in [0.05, 0.1) is 13.7 Å². The van der Waals surface area contributed by atoms with E-state index in [1.54, 1.807) is 31.4 Å². The Labute approximate surface area is 136 Å². The molecule has 2 rings (SSSR count). The molecule has 0 aliphatic rings. The van der Waals surface area contributed by atoms with Crippen LogP contribution < -0.4 is 20.1 Å². The molecule has 0 bridgehead atoms. The van der Waals surface area contributed by atoms with Crippen molar-refractivity contribution in [3.05, 3.63) is 54.1 Å². The Balaban J connectivity index is 1.61. The number of nitrogens with one attached hydrogen (secondary N) is 2. The number of anilines is 1. The molecule has 0 unspecified atom stereocenters. The molecule has 2 amide bonds. The Morgan fingerprint density at radius 3 is 2.30 bits per heavy atom. The monoisotopic (exact) mass is 314 g/mol. The van der Waals surface area contributed by atoms with Crippen LogP contribution in [0.1, 0.15) is 12.0 Å². The van der Waals surface area contributed by atoms with Crippen LogP contribution in [0.4, 0.5) is 10.5 Å². The summed E-state index contributed by atoms with van der Waals surface area (Å²) < 4.78 is 10.7. The van der Waals surface area contributed by atoms with Gasteiger partial charge in [-0.2, -0.15) is 0 Å². The van der Waals surface area contributed by atoms with E-state index in [2.05, 4.69) is 10.6 Å². The number of carbonyl (C=O) groups excluding carboxylic acids is 1. The summed E-state index contributed by atoms with van der Waals surface area (Å²) in [7, 11) is 1.60. The zero-order chi connectivity index (χ0) is 16.5. The van der Waals surface area contributed by atoms with Crippen molar-refractivity contribution in [2.24, 2.45) is 0 Å². The summed E-state index contributed by atoms with van der Waals surface area (Å²) in [6.45, 7) is 3.15. The van der Waals surface area contributed by atoms with Crippen LogP contribution in [-0.2, 0) is 0 Å². The molecule has 2 N–H and O–H groups in total. The van der Waals surface area contributed by atoms with Gasteiger partial charge in [0.15, 0.2) is 0 Å². The van der Waals surface area contributed by atoms with Crippen LogP contribution in [0.5, 0.6) is 11.5 Å². The number of carbonyl (C=O) groups is 1. The number of ether oxygens (including phenoxy) is 2. The second kappa shape index (κ2) is 8.68. The van der Waals surface area contributed by atoms with Crippen LogP contribution in [0.15, 0.2) is 48.5 Å². The Morgan fingerprint density at radius 2 is 1.65 bits per heavy atom. The molecule has 122 valence electrons. The second-order valence-corrected chi connectivity index (χ2v) is 5.12. The van der Waals surface area contributed by atoms with E-state index in [1.165, 1.54) is 5.56 Å². The van der Waals surface area contributed by atoms with Crippen LogP contribution in [0.25, 0.3) is 0 Å². The summed E-state index contributed by atoms with van der Waals surface area (Å²) in [5, 5.41) is 5.56. The van der Waals surface area contributed by atoms with Crippen molar-refractivity contribution in [3.63, 3.8) is 0 Å². The highest BCUT2D eigenvalue weighted by atomic mass is 16.5. The third kappa shape index (κ3) is 5.90. The molecule has 23 heavy (non-hydrogen) atoms. The van der Waals surface area contributed by atoms with Gasteiger partial charge in [-0.15, -0.1) is 0 Å². The van der Waals surface area contributed by atoms with Gasteiger partial charge in [0.1, 0.15) is 11.5 Å². The summed E-state index contributed by atoms with van der Waals surface area (Å²) in [6.07, 6.45) is 0.740. The highest BCUT2D eigenvalue weighted by molar-refractivity contribution is 5.89. The molecule has 0 atom stereocenters. The van der Waals surface area contributed by atoms with E-state index in [-0.39, 0.29) is 6.03 Å². The standard InChI is InChI=1S/C18H22N2O3/c1-14-4-8-17(9-5-14)23-13-3-12-19-18(21)20-15-6-10-16(22-2)11-7-15/h4-11H,3,12-13H2,1-2H3,(H2,19,20,21). The summed E-state index contributed by atoms with van der Waals surface area (Å²) in [6, 6.07) is 14.9. The zero-order valence-electron chi connectivity index (χ0n) is 13.5. The molecule has 0 fully saturated rings. The molecule has 0 heterocycles. The third-order valence-electron chi connectivity index (χ3n) is 3.24. The lowest BCUT2D eigenvalue weighted by molar-refractivity contribution is 0.250. The first-order chi connectivity index (χ1) is 11.2. The predicted octanol–water partition coefficient (Wildman–Crippen LogP) is 3.59. The molecule has 0 saturated carbocycles. The van der Waals surface area contributed by atoms with E-state index in [4.69, 9.17) is 9.47 Å². The largest absolute Gasteiger partial charge is 0.497 e. The summed E-state index contributed by atoms with van der Waals surface area (Å²) in [5.41, 5.74) is 1.92. The van der Waals surface area contributed by atoms with Crippen LogP contribution in [0.3, 0.4) is 0 Å². The Kier molecular flexibility index (Phi) is 6.29. The van der Waals surface area contributed by atoms with Gasteiger partial charge in [-0.05, 0) is 49.7 Å². The molecule has 0 saturated heterocycles. The fraction of sp³-hybridized carbons (Fsp3) is 0.278. The zero-order valence-corrected chi connectivity index (χ0v) is 13.5. The molecule has 0 aromatic heterocycles. The normalized spacial score (nSPS) is 10.0. The molecule has 5 nitrogen and oxygen atoms in total. The maximum absolute atomic E-state index is 11.7. The maximum Gasteiger partial charge on any atom is 0.319 e. The summed E-state index contributed by atoms with van der Waals surface area (Å²) >= 11 is 0. The molecule has 2 aromatic carbocycles. The van der Waals surface area contributed by atoms with Gasteiger partial charge >= 0.3 is 6.03 Å². The lowest BCUT2D eigenvalue weighted by Gasteiger charge is -2.09. The third-order valence-corrected chi connectivity index (χ3v) is 3.24. The summed E-state index contributed by atoms with van der Waals surface area (Å²) in [5.74, 6) is 1.60. The number of urea groups is 1. The van der Waals surface area contributed by atoms with Gasteiger partial charge in [-0.25, -0.2) is 4.79 Å². The van der Waals surface area contributed by atoms with Crippen molar-refractivity contribution in [1.29, 1.82) is 0 Å². The summed E-state index contributed by atoms with van der Waals surface area (Å²) in [4.78, 5) is 11.7. The van der Waals surface area contributed by atoms with E-state index >= 15 is 0 Å². The minimum atomic E-state index is -0.231. The average Bonchev–Trinajstić information content (AvgIpc) is 2.57. The van der Waals surface area contributed by atoms with Crippen molar-refractivity contribution >= 4 is 11.7 Å². The van der Waals surface area contributed by atoms with Gasteiger partial charge in [0, 0.05) is 12.2 Å². The van der Waals surface area contributed by atoms with Crippen molar-refractivity contribution in [1.82, 2.24) is 5.32 Å². The van der Waals surface area contributed by atoms with Crippen molar-refractivity contribution in [2.75, 3.05) is 25.6 Å². The van der Waals surface area contributed by atoms with E-state index in [0.29, 0.717) is 13.2 Å². The minimum Gasteiger partial charge on any atom is -0.497 e. The van der Waals surface area contributed by atoms with Gasteiger partial charge in [-0.3, -0.25) is 0 Å². The molecular formula is C18H22N2O3.